The van der Waals surface area contributed by atoms with Gasteiger partial charge in [0.25, 0.3) is 0 Å². The zero-order valence-corrected chi connectivity index (χ0v) is 14.5. The Hall–Kier alpha value is -1.86. The molecule has 0 aromatic heterocycles. The van der Waals surface area contributed by atoms with Gasteiger partial charge < -0.3 is 5.32 Å². The van der Waals surface area contributed by atoms with Crippen molar-refractivity contribution in [1.29, 1.82) is 5.26 Å². The Morgan fingerprint density at radius 1 is 1.25 bits per heavy atom. The van der Waals surface area contributed by atoms with Crippen molar-refractivity contribution in [3.05, 3.63) is 35.4 Å². The lowest BCUT2D eigenvalue weighted by molar-refractivity contribution is -0.124. The molecule has 0 radical (unpaired) electrons. The fourth-order valence-electron chi connectivity index (χ4n) is 4.07. The summed E-state index contributed by atoms with van der Waals surface area (Å²) in [6.07, 6.45) is 8.06. The molecule has 0 bridgehead atoms. The highest BCUT2D eigenvalue weighted by molar-refractivity contribution is 5.82. The summed E-state index contributed by atoms with van der Waals surface area (Å²) in [6.45, 7) is 1.90. The molecule has 2 aliphatic carbocycles. The molecular formula is C20H27N3O. The molecule has 0 spiro atoms. The van der Waals surface area contributed by atoms with Gasteiger partial charge in [0.15, 0.2) is 0 Å². The van der Waals surface area contributed by atoms with Gasteiger partial charge in [-0.25, -0.2) is 0 Å². The van der Waals surface area contributed by atoms with E-state index >= 15 is 0 Å². The molecule has 2 atom stereocenters. The number of carbonyl (C=O) groups is 1. The highest BCUT2D eigenvalue weighted by atomic mass is 16.2. The smallest absolute Gasteiger partial charge is 0.238 e. The van der Waals surface area contributed by atoms with E-state index in [1.165, 1.54) is 11.1 Å². The van der Waals surface area contributed by atoms with Crippen molar-refractivity contribution in [2.24, 2.45) is 0 Å². The Bertz CT molecular complexity index is 628. The van der Waals surface area contributed by atoms with E-state index in [1.807, 2.05) is 6.92 Å². The average molecular weight is 325 g/mol. The Balaban J connectivity index is 1.64. The number of nitriles is 1. The average Bonchev–Trinajstić information content (AvgIpc) is 2.62. The Morgan fingerprint density at radius 3 is 2.75 bits per heavy atom. The number of hydrogen-bond donors (Lipinski definition) is 2. The summed E-state index contributed by atoms with van der Waals surface area (Å²) in [6, 6.07) is 10.8. The van der Waals surface area contributed by atoms with E-state index in [0.29, 0.717) is 0 Å². The highest BCUT2D eigenvalue weighted by Crippen LogP contribution is 2.30. The van der Waals surface area contributed by atoms with Crippen molar-refractivity contribution >= 4 is 5.91 Å². The van der Waals surface area contributed by atoms with Crippen molar-refractivity contribution in [3.8, 4) is 6.07 Å². The molecule has 24 heavy (non-hydrogen) atoms. The van der Waals surface area contributed by atoms with Gasteiger partial charge in [-0.05, 0) is 50.2 Å². The molecule has 2 aliphatic rings. The maximum atomic E-state index is 12.6. The lowest BCUT2D eigenvalue weighted by Gasteiger charge is -2.34. The Labute approximate surface area is 144 Å². The number of hydrogen-bond acceptors (Lipinski definition) is 3. The molecule has 1 aromatic rings. The van der Waals surface area contributed by atoms with Crippen LogP contribution in [0.25, 0.3) is 0 Å². The lowest BCUT2D eigenvalue weighted by Crippen LogP contribution is -2.54. The van der Waals surface area contributed by atoms with Crippen LogP contribution in [0.2, 0.25) is 0 Å². The van der Waals surface area contributed by atoms with Crippen LogP contribution >= 0.6 is 0 Å². The van der Waals surface area contributed by atoms with Crippen molar-refractivity contribution in [2.45, 2.75) is 75.9 Å². The van der Waals surface area contributed by atoms with Crippen LogP contribution in [-0.2, 0) is 11.2 Å². The summed E-state index contributed by atoms with van der Waals surface area (Å²) >= 11 is 0. The van der Waals surface area contributed by atoms with E-state index < -0.39 is 5.54 Å². The quantitative estimate of drug-likeness (QED) is 0.892. The highest BCUT2D eigenvalue weighted by Gasteiger charge is 2.35. The van der Waals surface area contributed by atoms with Crippen molar-refractivity contribution in [3.63, 3.8) is 0 Å². The van der Waals surface area contributed by atoms with Crippen LogP contribution in [0, 0.1) is 11.3 Å². The third kappa shape index (κ3) is 3.62. The molecule has 1 saturated carbocycles. The molecule has 1 aromatic carbocycles. The Kier molecular flexibility index (Phi) is 5.20. The molecule has 2 N–H and O–H groups in total. The second kappa shape index (κ2) is 7.36. The van der Waals surface area contributed by atoms with Crippen molar-refractivity contribution < 1.29 is 4.79 Å². The predicted molar refractivity (Wildman–Crippen MR) is 94.3 cm³/mol. The summed E-state index contributed by atoms with van der Waals surface area (Å²) in [5.74, 6) is -0.0542. The Morgan fingerprint density at radius 2 is 2.00 bits per heavy atom. The molecule has 0 aliphatic heterocycles. The second-order valence-electron chi connectivity index (χ2n) is 7.28. The minimum absolute atomic E-state index is 0.0542. The summed E-state index contributed by atoms with van der Waals surface area (Å²) in [7, 11) is 0. The molecule has 0 saturated heterocycles. The molecule has 3 rings (SSSR count). The molecule has 0 unspecified atom stereocenters. The first-order valence-electron chi connectivity index (χ1n) is 9.21. The number of nitrogens with zero attached hydrogens (tertiary/aromatic N) is 1. The SMILES string of the molecule is C[C@H](N[C@H]1CCCc2ccccc21)C(=O)NC1(C#N)CCCCC1. The van der Waals surface area contributed by atoms with Crippen LogP contribution < -0.4 is 10.6 Å². The third-order valence-electron chi connectivity index (χ3n) is 5.50. The fraction of sp³-hybridized carbons (Fsp3) is 0.600. The molecule has 128 valence electrons. The van der Waals surface area contributed by atoms with E-state index in [0.717, 1.165) is 51.4 Å². The van der Waals surface area contributed by atoms with Crippen LogP contribution in [0.1, 0.15) is 69.0 Å². The number of aryl methyl sites for hydroxylation is 1. The van der Waals surface area contributed by atoms with E-state index in [4.69, 9.17) is 0 Å². The minimum Gasteiger partial charge on any atom is -0.336 e. The van der Waals surface area contributed by atoms with Gasteiger partial charge in [-0.1, -0.05) is 43.5 Å². The van der Waals surface area contributed by atoms with Crippen LogP contribution in [0.5, 0.6) is 0 Å². The summed E-state index contributed by atoms with van der Waals surface area (Å²) in [4.78, 5) is 12.6. The van der Waals surface area contributed by atoms with Crippen molar-refractivity contribution in [2.75, 3.05) is 0 Å². The number of benzene rings is 1. The van der Waals surface area contributed by atoms with Gasteiger partial charge in [0.05, 0.1) is 12.1 Å². The first kappa shape index (κ1) is 17.0. The molecule has 0 heterocycles. The fourth-order valence-corrected chi connectivity index (χ4v) is 4.07. The molecular weight excluding hydrogens is 298 g/mol. The number of rotatable bonds is 4. The lowest BCUT2D eigenvalue weighted by atomic mass is 9.82. The number of nitrogens with one attached hydrogen (secondary N) is 2. The first-order chi connectivity index (χ1) is 11.6. The van der Waals surface area contributed by atoms with Gasteiger partial charge in [0.1, 0.15) is 5.54 Å². The topological polar surface area (TPSA) is 64.9 Å². The zero-order valence-electron chi connectivity index (χ0n) is 14.5. The van der Waals surface area contributed by atoms with Crippen molar-refractivity contribution in [1.82, 2.24) is 10.6 Å². The number of carbonyl (C=O) groups excluding carboxylic acids is 1. The first-order valence-corrected chi connectivity index (χ1v) is 9.21. The van der Waals surface area contributed by atoms with Gasteiger partial charge in [-0.3, -0.25) is 10.1 Å². The van der Waals surface area contributed by atoms with Gasteiger partial charge in [0.2, 0.25) is 5.91 Å². The normalized spacial score (nSPS) is 23.6. The second-order valence-corrected chi connectivity index (χ2v) is 7.28. The predicted octanol–water partition coefficient (Wildman–Crippen LogP) is 3.38. The monoisotopic (exact) mass is 325 g/mol. The van der Waals surface area contributed by atoms with E-state index in [9.17, 15) is 10.1 Å². The maximum Gasteiger partial charge on any atom is 0.238 e. The van der Waals surface area contributed by atoms with E-state index in [1.54, 1.807) is 0 Å². The summed E-state index contributed by atoms with van der Waals surface area (Å²) in [5, 5.41) is 16.1. The standard InChI is InChI=1S/C20H27N3O/c1-15(19(24)23-20(14-21)12-5-2-6-13-20)22-18-11-7-9-16-8-3-4-10-17(16)18/h3-4,8,10,15,18,22H,2,5-7,9,11-13H2,1H3,(H,23,24)/t15-,18-/m0/s1. The number of fused-ring (bicyclic) bond motifs is 1. The zero-order chi connectivity index (χ0) is 17.0. The maximum absolute atomic E-state index is 12.6. The van der Waals surface area contributed by atoms with Gasteiger partial charge in [-0.15, -0.1) is 0 Å². The van der Waals surface area contributed by atoms with E-state index in [-0.39, 0.29) is 18.0 Å². The van der Waals surface area contributed by atoms with Crippen LogP contribution in [0.3, 0.4) is 0 Å². The van der Waals surface area contributed by atoms with Crippen LogP contribution in [0.4, 0.5) is 0 Å². The van der Waals surface area contributed by atoms with Crippen LogP contribution in [0.15, 0.2) is 24.3 Å². The molecule has 1 amide bonds. The van der Waals surface area contributed by atoms with Gasteiger partial charge >= 0.3 is 0 Å². The molecule has 1 fully saturated rings. The third-order valence-corrected chi connectivity index (χ3v) is 5.50. The number of amides is 1. The van der Waals surface area contributed by atoms with Crippen LogP contribution in [-0.4, -0.2) is 17.5 Å². The minimum atomic E-state index is -0.657. The van der Waals surface area contributed by atoms with Gasteiger partial charge in [0, 0.05) is 6.04 Å². The van der Waals surface area contributed by atoms with Gasteiger partial charge in [-0.2, -0.15) is 5.26 Å². The molecule has 4 nitrogen and oxygen atoms in total. The summed E-state index contributed by atoms with van der Waals surface area (Å²) in [5.41, 5.74) is 2.04. The summed E-state index contributed by atoms with van der Waals surface area (Å²) < 4.78 is 0. The van der Waals surface area contributed by atoms with E-state index in [2.05, 4.69) is 41.0 Å². The largest absolute Gasteiger partial charge is 0.336 e. The molecule has 4 heteroatoms.